The summed E-state index contributed by atoms with van der Waals surface area (Å²) in [5.41, 5.74) is -0.113. The standard InChI is InChI=1S/C24H37NO9S/c1-6-18(21(27)25-16-34-35(30,31)20-10-8-17(2)9-11-20)14-19(22(28)33-13-7-12-26)15-24(3,4)23(29)32-5/h8-11,18-19,26H,6-7,12-16H2,1-5H3,(H,25,27). The van der Waals surface area contributed by atoms with Crippen molar-refractivity contribution < 1.29 is 41.6 Å². The molecule has 0 heterocycles. The number of aryl methyl sites for hydroxylation is 1. The first kappa shape index (κ1) is 30.5. The van der Waals surface area contributed by atoms with E-state index in [9.17, 15) is 22.8 Å². The number of amides is 1. The number of hydrogen-bond donors (Lipinski definition) is 2. The number of rotatable bonds is 15. The second kappa shape index (κ2) is 14.2. The summed E-state index contributed by atoms with van der Waals surface area (Å²) < 4.78 is 39.6. The lowest BCUT2D eigenvalue weighted by molar-refractivity contribution is -0.156. The number of aliphatic hydroxyl groups is 1. The molecule has 0 radical (unpaired) electrons. The molecule has 0 saturated heterocycles. The molecule has 0 aliphatic rings. The van der Waals surface area contributed by atoms with Crippen molar-refractivity contribution in [1.29, 1.82) is 0 Å². The highest BCUT2D eigenvalue weighted by atomic mass is 32.2. The van der Waals surface area contributed by atoms with E-state index in [0.717, 1.165) is 5.56 Å². The van der Waals surface area contributed by atoms with E-state index in [1.807, 2.05) is 6.92 Å². The number of carbonyl (C=O) groups excluding carboxylic acids is 3. The van der Waals surface area contributed by atoms with Crippen LogP contribution in [0.3, 0.4) is 0 Å². The van der Waals surface area contributed by atoms with E-state index in [0.29, 0.717) is 6.42 Å². The minimum absolute atomic E-state index is 0.0121. The van der Waals surface area contributed by atoms with Gasteiger partial charge in [0.1, 0.15) is 6.73 Å². The smallest absolute Gasteiger partial charge is 0.311 e. The van der Waals surface area contributed by atoms with Gasteiger partial charge in [0.05, 0.1) is 29.9 Å². The third kappa shape index (κ3) is 9.95. The number of carbonyl (C=O) groups is 3. The number of nitrogens with one attached hydrogen (secondary N) is 1. The predicted molar refractivity (Wildman–Crippen MR) is 127 cm³/mol. The monoisotopic (exact) mass is 515 g/mol. The molecule has 11 heteroatoms. The van der Waals surface area contributed by atoms with Crippen molar-refractivity contribution in [3.8, 4) is 0 Å². The topological polar surface area (TPSA) is 145 Å². The van der Waals surface area contributed by atoms with Gasteiger partial charge in [0.2, 0.25) is 5.91 Å². The van der Waals surface area contributed by atoms with Gasteiger partial charge in [-0.1, -0.05) is 24.6 Å². The Morgan fingerprint density at radius 2 is 1.74 bits per heavy atom. The molecule has 0 bridgehead atoms. The molecule has 0 saturated carbocycles. The Bertz CT molecular complexity index is 942. The summed E-state index contributed by atoms with van der Waals surface area (Å²) in [6.07, 6.45) is 0.782. The lowest BCUT2D eigenvalue weighted by atomic mass is 9.78. The Hall–Kier alpha value is -2.50. The molecule has 1 aromatic rings. The maximum absolute atomic E-state index is 12.8. The van der Waals surface area contributed by atoms with Gasteiger partial charge in [-0.05, 0) is 52.2 Å². The van der Waals surface area contributed by atoms with Gasteiger partial charge in [0, 0.05) is 18.9 Å². The zero-order valence-corrected chi connectivity index (χ0v) is 21.9. The number of aliphatic hydroxyl groups excluding tert-OH is 1. The van der Waals surface area contributed by atoms with E-state index >= 15 is 0 Å². The fourth-order valence-corrected chi connectivity index (χ4v) is 4.31. The maximum Gasteiger partial charge on any atom is 0.311 e. The molecule has 35 heavy (non-hydrogen) atoms. The Morgan fingerprint density at radius 3 is 2.29 bits per heavy atom. The third-order valence-corrected chi connectivity index (χ3v) is 6.86. The number of hydrogen-bond acceptors (Lipinski definition) is 9. The first-order valence-electron chi connectivity index (χ1n) is 11.5. The van der Waals surface area contributed by atoms with Crippen LogP contribution in [0.2, 0.25) is 0 Å². The van der Waals surface area contributed by atoms with Gasteiger partial charge >= 0.3 is 11.9 Å². The molecule has 0 aromatic heterocycles. The van der Waals surface area contributed by atoms with Crippen LogP contribution in [0.4, 0.5) is 0 Å². The minimum Gasteiger partial charge on any atom is -0.469 e. The fourth-order valence-electron chi connectivity index (χ4n) is 3.49. The summed E-state index contributed by atoms with van der Waals surface area (Å²) in [6, 6.07) is 6.10. The molecular weight excluding hydrogens is 478 g/mol. The molecule has 2 atom stereocenters. The van der Waals surface area contributed by atoms with Gasteiger partial charge in [-0.2, -0.15) is 8.42 Å². The van der Waals surface area contributed by atoms with E-state index < -0.39 is 51.9 Å². The van der Waals surface area contributed by atoms with Crippen LogP contribution in [-0.2, 0) is 38.2 Å². The maximum atomic E-state index is 12.8. The highest BCUT2D eigenvalue weighted by Gasteiger charge is 2.37. The largest absolute Gasteiger partial charge is 0.469 e. The summed E-state index contributed by atoms with van der Waals surface area (Å²) in [6.45, 7) is 6.16. The van der Waals surface area contributed by atoms with Crippen LogP contribution in [-0.4, -0.2) is 58.4 Å². The van der Waals surface area contributed by atoms with Crippen LogP contribution in [0.5, 0.6) is 0 Å². The normalized spacial score (nSPS) is 13.5. The van der Waals surface area contributed by atoms with E-state index in [1.54, 1.807) is 32.9 Å². The zero-order valence-electron chi connectivity index (χ0n) is 21.0. The van der Waals surface area contributed by atoms with Gasteiger partial charge in [0.15, 0.2) is 0 Å². The quantitative estimate of drug-likeness (QED) is 0.155. The van der Waals surface area contributed by atoms with Crippen LogP contribution in [0, 0.1) is 24.2 Å². The van der Waals surface area contributed by atoms with Crippen molar-refractivity contribution in [2.75, 3.05) is 27.1 Å². The molecule has 0 aliphatic carbocycles. The molecule has 0 fully saturated rings. The SMILES string of the molecule is CCC(CC(CC(C)(C)C(=O)OC)C(=O)OCCCO)C(=O)NCOS(=O)(=O)c1ccc(C)cc1. The number of ether oxygens (including phenoxy) is 2. The Labute approximate surface area is 207 Å². The Balaban J connectivity index is 2.85. The minimum atomic E-state index is -4.05. The number of esters is 2. The Morgan fingerprint density at radius 1 is 1.11 bits per heavy atom. The summed E-state index contributed by atoms with van der Waals surface area (Å²) >= 11 is 0. The molecule has 0 spiro atoms. The fraction of sp³-hybridized carbons (Fsp3) is 0.625. The third-order valence-electron chi connectivity index (χ3n) is 5.58. The summed E-state index contributed by atoms with van der Waals surface area (Å²) in [5.74, 6) is -3.03. The van der Waals surface area contributed by atoms with Gasteiger partial charge in [-0.15, -0.1) is 0 Å². The van der Waals surface area contributed by atoms with Gasteiger partial charge in [0.25, 0.3) is 10.1 Å². The summed E-state index contributed by atoms with van der Waals surface area (Å²) in [5, 5.41) is 11.4. The van der Waals surface area contributed by atoms with Gasteiger partial charge < -0.3 is 19.9 Å². The average Bonchev–Trinajstić information content (AvgIpc) is 2.81. The second-order valence-corrected chi connectivity index (χ2v) is 10.5. The molecule has 0 aliphatic heterocycles. The molecular formula is C24H37NO9S. The molecule has 2 N–H and O–H groups in total. The van der Waals surface area contributed by atoms with E-state index in [2.05, 4.69) is 5.32 Å². The second-order valence-electron chi connectivity index (χ2n) is 8.93. The molecule has 1 amide bonds. The van der Waals surface area contributed by atoms with Crippen molar-refractivity contribution in [3.63, 3.8) is 0 Å². The summed E-state index contributed by atoms with van der Waals surface area (Å²) in [4.78, 5) is 37.6. The van der Waals surface area contributed by atoms with E-state index in [1.165, 1.54) is 19.2 Å². The highest BCUT2D eigenvalue weighted by Crippen LogP contribution is 2.32. The summed E-state index contributed by atoms with van der Waals surface area (Å²) in [7, 11) is -2.80. The van der Waals surface area contributed by atoms with Crippen molar-refractivity contribution in [3.05, 3.63) is 29.8 Å². The van der Waals surface area contributed by atoms with Crippen LogP contribution >= 0.6 is 0 Å². The predicted octanol–water partition coefficient (Wildman–Crippen LogP) is 2.32. The molecule has 2 unspecified atom stereocenters. The molecule has 1 aromatic carbocycles. The molecule has 10 nitrogen and oxygen atoms in total. The zero-order chi connectivity index (χ0) is 26.6. The van der Waals surface area contributed by atoms with Crippen molar-refractivity contribution in [2.24, 2.45) is 17.3 Å². The van der Waals surface area contributed by atoms with E-state index in [4.69, 9.17) is 18.8 Å². The number of benzene rings is 1. The van der Waals surface area contributed by atoms with Crippen LogP contribution in [0.25, 0.3) is 0 Å². The molecule has 198 valence electrons. The van der Waals surface area contributed by atoms with Crippen LogP contribution in [0.15, 0.2) is 29.2 Å². The average molecular weight is 516 g/mol. The van der Waals surface area contributed by atoms with Crippen molar-refractivity contribution in [1.82, 2.24) is 5.32 Å². The van der Waals surface area contributed by atoms with Gasteiger partial charge in [-0.3, -0.25) is 14.4 Å². The van der Waals surface area contributed by atoms with Crippen LogP contribution < -0.4 is 5.32 Å². The van der Waals surface area contributed by atoms with Crippen LogP contribution in [0.1, 0.15) is 52.0 Å². The first-order valence-corrected chi connectivity index (χ1v) is 12.9. The number of methoxy groups -OCH3 is 1. The Kier molecular flexibility index (Phi) is 12.3. The van der Waals surface area contributed by atoms with E-state index in [-0.39, 0.29) is 37.4 Å². The lowest BCUT2D eigenvalue weighted by Crippen LogP contribution is -2.37. The highest BCUT2D eigenvalue weighted by molar-refractivity contribution is 7.86. The van der Waals surface area contributed by atoms with Crippen molar-refractivity contribution >= 4 is 28.0 Å². The lowest BCUT2D eigenvalue weighted by Gasteiger charge is -2.28. The first-order chi connectivity index (χ1) is 16.4. The van der Waals surface area contributed by atoms with Crippen molar-refractivity contribution in [2.45, 2.75) is 58.3 Å². The molecule has 1 rings (SSSR count). The van der Waals surface area contributed by atoms with Gasteiger partial charge in [-0.25, -0.2) is 4.18 Å².